The molecule has 0 amide bonds. The Labute approximate surface area is 106 Å². The van der Waals surface area contributed by atoms with E-state index in [2.05, 4.69) is 17.3 Å². The Balaban J connectivity index is 2.08. The monoisotopic (exact) mass is 246 g/mol. The second kappa shape index (κ2) is 5.53. The van der Waals surface area contributed by atoms with Crippen molar-refractivity contribution in [2.24, 2.45) is 7.05 Å². The van der Waals surface area contributed by atoms with Crippen molar-refractivity contribution in [2.75, 3.05) is 5.32 Å². The molecule has 0 aliphatic carbocycles. The largest absolute Gasteiger partial charge is 0.378 e. The third kappa shape index (κ3) is 2.80. The minimum atomic E-state index is 0.0444. The Hall–Kier alpha value is -2.04. The summed E-state index contributed by atoms with van der Waals surface area (Å²) in [4.78, 5) is 11.6. The lowest BCUT2D eigenvalue weighted by molar-refractivity contribution is 0.654. The van der Waals surface area contributed by atoms with Crippen molar-refractivity contribution in [3.8, 4) is 0 Å². The highest BCUT2D eigenvalue weighted by Crippen LogP contribution is 2.06. The van der Waals surface area contributed by atoms with Crippen molar-refractivity contribution in [2.45, 2.75) is 26.4 Å². The van der Waals surface area contributed by atoms with Gasteiger partial charge in [0, 0.05) is 32.1 Å². The van der Waals surface area contributed by atoms with Gasteiger partial charge in [-0.3, -0.25) is 9.48 Å². The number of hydrogen-bond acceptors (Lipinski definition) is 3. The number of anilines is 1. The van der Waals surface area contributed by atoms with E-state index in [1.54, 1.807) is 16.8 Å². The fourth-order valence-corrected chi connectivity index (χ4v) is 1.82. The molecule has 5 nitrogen and oxygen atoms in total. The summed E-state index contributed by atoms with van der Waals surface area (Å²) in [5.74, 6) is 0. The van der Waals surface area contributed by atoms with E-state index >= 15 is 0 Å². The third-order valence-corrected chi connectivity index (χ3v) is 2.84. The summed E-state index contributed by atoms with van der Waals surface area (Å²) in [5, 5.41) is 7.40. The molecular formula is C13H18N4O. The number of rotatable bonds is 5. The molecule has 0 fully saturated rings. The molecule has 0 bridgehead atoms. The van der Waals surface area contributed by atoms with Crippen LogP contribution in [0.2, 0.25) is 0 Å². The minimum Gasteiger partial charge on any atom is -0.378 e. The van der Waals surface area contributed by atoms with Crippen molar-refractivity contribution >= 4 is 5.69 Å². The van der Waals surface area contributed by atoms with E-state index in [0.717, 1.165) is 24.3 Å². The molecule has 0 aromatic carbocycles. The lowest BCUT2D eigenvalue weighted by Gasteiger charge is -2.09. The second-order valence-electron chi connectivity index (χ2n) is 4.25. The Morgan fingerprint density at radius 2 is 2.17 bits per heavy atom. The summed E-state index contributed by atoms with van der Waals surface area (Å²) in [7, 11) is 1.91. The molecule has 0 radical (unpaired) electrons. The van der Waals surface area contributed by atoms with Gasteiger partial charge in [0.05, 0.1) is 17.9 Å². The molecule has 0 spiro atoms. The number of nitrogens with one attached hydrogen (secondary N) is 1. The van der Waals surface area contributed by atoms with Crippen LogP contribution in [0.1, 0.15) is 19.0 Å². The van der Waals surface area contributed by atoms with Gasteiger partial charge in [-0.2, -0.15) is 5.10 Å². The van der Waals surface area contributed by atoms with E-state index in [1.807, 2.05) is 30.1 Å². The first kappa shape index (κ1) is 12.4. The van der Waals surface area contributed by atoms with E-state index in [0.29, 0.717) is 6.54 Å². The highest BCUT2D eigenvalue weighted by atomic mass is 16.1. The Kier molecular flexibility index (Phi) is 3.82. The summed E-state index contributed by atoms with van der Waals surface area (Å²) in [6, 6.07) is 5.38. The smallest absolute Gasteiger partial charge is 0.250 e. The zero-order valence-electron chi connectivity index (χ0n) is 10.8. The maximum atomic E-state index is 11.6. The molecule has 0 aliphatic heterocycles. The fraction of sp³-hybridized carbons (Fsp3) is 0.385. The van der Waals surface area contributed by atoms with Gasteiger partial charge in [-0.25, -0.2) is 0 Å². The van der Waals surface area contributed by atoms with Crippen LogP contribution in [0.4, 0.5) is 5.69 Å². The number of nitrogens with zero attached hydrogens (tertiary/aromatic N) is 3. The molecular weight excluding hydrogens is 228 g/mol. The molecule has 2 heterocycles. The number of aryl methyl sites for hydroxylation is 2. The number of pyridine rings is 1. The molecule has 2 rings (SSSR count). The lowest BCUT2D eigenvalue weighted by atomic mass is 10.3. The molecule has 1 N–H and O–H groups in total. The first-order chi connectivity index (χ1) is 8.70. The van der Waals surface area contributed by atoms with Crippen LogP contribution < -0.4 is 10.9 Å². The van der Waals surface area contributed by atoms with Crippen LogP contribution >= 0.6 is 0 Å². The normalized spacial score (nSPS) is 10.6. The van der Waals surface area contributed by atoms with E-state index in [9.17, 15) is 4.79 Å². The van der Waals surface area contributed by atoms with Crippen LogP contribution in [-0.2, 0) is 20.1 Å². The highest BCUT2D eigenvalue weighted by Gasteiger charge is 2.00. The van der Waals surface area contributed by atoms with Gasteiger partial charge in [-0.1, -0.05) is 6.92 Å². The average Bonchev–Trinajstić information content (AvgIpc) is 2.76. The van der Waals surface area contributed by atoms with Gasteiger partial charge in [0.1, 0.15) is 0 Å². The van der Waals surface area contributed by atoms with Crippen molar-refractivity contribution in [3.05, 3.63) is 46.6 Å². The molecule has 0 unspecified atom stereocenters. The Morgan fingerprint density at radius 1 is 1.33 bits per heavy atom. The van der Waals surface area contributed by atoms with Gasteiger partial charge in [-0.15, -0.1) is 0 Å². The summed E-state index contributed by atoms with van der Waals surface area (Å²) < 4.78 is 3.56. The summed E-state index contributed by atoms with van der Waals surface area (Å²) in [6.07, 6.45) is 4.59. The van der Waals surface area contributed by atoms with Crippen molar-refractivity contribution in [3.63, 3.8) is 0 Å². The molecule has 0 saturated carbocycles. The van der Waals surface area contributed by atoms with Crippen molar-refractivity contribution in [1.82, 2.24) is 14.3 Å². The van der Waals surface area contributed by atoms with Crippen LogP contribution in [0.5, 0.6) is 0 Å². The molecule has 0 atom stereocenters. The van der Waals surface area contributed by atoms with Crippen molar-refractivity contribution in [1.29, 1.82) is 0 Å². The van der Waals surface area contributed by atoms with Crippen LogP contribution in [-0.4, -0.2) is 14.3 Å². The van der Waals surface area contributed by atoms with Gasteiger partial charge in [0.25, 0.3) is 5.56 Å². The van der Waals surface area contributed by atoms with Gasteiger partial charge in [0.2, 0.25) is 0 Å². The zero-order valence-corrected chi connectivity index (χ0v) is 10.8. The second-order valence-corrected chi connectivity index (χ2v) is 4.25. The molecule has 2 aromatic heterocycles. The van der Waals surface area contributed by atoms with Gasteiger partial charge in [-0.05, 0) is 18.6 Å². The maximum absolute atomic E-state index is 11.6. The molecule has 2 aromatic rings. The lowest BCUT2D eigenvalue weighted by Crippen LogP contribution is -2.19. The van der Waals surface area contributed by atoms with Crippen molar-refractivity contribution < 1.29 is 0 Å². The topological polar surface area (TPSA) is 51.9 Å². The first-order valence-corrected chi connectivity index (χ1v) is 6.12. The molecule has 96 valence electrons. The summed E-state index contributed by atoms with van der Waals surface area (Å²) >= 11 is 0. The number of aromatic nitrogens is 3. The predicted octanol–water partition coefficient (Wildman–Crippen LogP) is 1.60. The van der Waals surface area contributed by atoms with E-state index in [4.69, 9.17) is 0 Å². The van der Waals surface area contributed by atoms with Crippen LogP contribution in [0.25, 0.3) is 0 Å². The molecule has 0 saturated heterocycles. The standard InChI is InChI=1S/C13H18N4O/c1-3-8-17-10-11(4-5-13(17)18)14-9-12-6-7-15-16(12)2/h4-7,10,14H,3,8-9H2,1-2H3. The SMILES string of the molecule is CCCn1cc(NCc2ccnn2C)ccc1=O. The molecule has 5 heteroatoms. The Bertz CT molecular complexity index is 570. The van der Waals surface area contributed by atoms with Crippen LogP contribution in [0, 0.1) is 0 Å². The number of hydrogen-bond donors (Lipinski definition) is 1. The highest BCUT2D eigenvalue weighted by molar-refractivity contribution is 5.40. The maximum Gasteiger partial charge on any atom is 0.250 e. The molecule has 0 aliphatic rings. The quantitative estimate of drug-likeness (QED) is 0.872. The fourth-order valence-electron chi connectivity index (χ4n) is 1.82. The zero-order chi connectivity index (χ0) is 13.0. The minimum absolute atomic E-state index is 0.0444. The predicted molar refractivity (Wildman–Crippen MR) is 71.5 cm³/mol. The van der Waals surface area contributed by atoms with E-state index < -0.39 is 0 Å². The Morgan fingerprint density at radius 3 is 2.83 bits per heavy atom. The molecule has 18 heavy (non-hydrogen) atoms. The third-order valence-electron chi connectivity index (χ3n) is 2.84. The summed E-state index contributed by atoms with van der Waals surface area (Å²) in [6.45, 7) is 3.50. The van der Waals surface area contributed by atoms with Crippen LogP contribution in [0.3, 0.4) is 0 Å². The van der Waals surface area contributed by atoms with Gasteiger partial charge in [0.15, 0.2) is 0 Å². The van der Waals surface area contributed by atoms with Gasteiger partial charge >= 0.3 is 0 Å². The average molecular weight is 246 g/mol. The first-order valence-electron chi connectivity index (χ1n) is 6.12. The van der Waals surface area contributed by atoms with E-state index in [-0.39, 0.29) is 5.56 Å². The van der Waals surface area contributed by atoms with Crippen LogP contribution in [0.15, 0.2) is 35.4 Å². The van der Waals surface area contributed by atoms with E-state index in [1.165, 1.54) is 0 Å². The summed E-state index contributed by atoms with van der Waals surface area (Å²) in [5.41, 5.74) is 2.09. The van der Waals surface area contributed by atoms with Gasteiger partial charge < -0.3 is 9.88 Å².